The van der Waals surface area contributed by atoms with Crippen molar-refractivity contribution >= 4 is 5.91 Å². The van der Waals surface area contributed by atoms with E-state index < -0.39 is 18.8 Å². The number of carbonyl (C=O) groups excluding carboxylic acids is 1. The van der Waals surface area contributed by atoms with Gasteiger partial charge in [-0.25, -0.2) is 0 Å². The lowest BCUT2D eigenvalue weighted by molar-refractivity contribution is -0.152. The van der Waals surface area contributed by atoms with Crippen molar-refractivity contribution in [3.05, 3.63) is 0 Å². The molecular formula is C11H20F3N3O. The van der Waals surface area contributed by atoms with E-state index >= 15 is 0 Å². The van der Waals surface area contributed by atoms with Crippen LogP contribution in [0.15, 0.2) is 0 Å². The van der Waals surface area contributed by atoms with Crippen LogP contribution in [0.2, 0.25) is 0 Å². The standard InChI is InChI=1S/C11H20F3N3O/c1-2-3-9(15)10(18)17-6-4-16(5-7-17)8-11(12,13)14/h9H,2-8,15H2,1H3. The molecule has 1 aliphatic heterocycles. The van der Waals surface area contributed by atoms with Crippen LogP contribution in [0.5, 0.6) is 0 Å². The molecular weight excluding hydrogens is 247 g/mol. The zero-order valence-corrected chi connectivity index (χ0v) is 10.5. The van der Waals surface area contributed by atoms with Crippen LogP contribution in [0.4, 0.5) is 13.2 Å². The SMILES string of the molecule is CCCC(N)C(=O)N1CCN(CC(F)(F)F)CC1. The van der Waals surface area contributed by atoms with Crippen molar-refractivity contribution in [2.24, 2.45) is 5.73 Å². The summed E-state index contributed by atoms with van der Waals surface area (Å²) in [5, 5.41) is 0. The Kier molecular flexibility index (Phi) is 5.40. The first-order valence-electron chi connectivity index (χ1n) is 6.17. The third-order valence-corrected chi connectivity index (χ3v) is 3.00. The molecule has 0 aliphatic carbocycles. The normalized spacial score (nSPS) is 19.9. The number of carbonyl (C=O) groups is 1. The number of rotatable bonds is 4. The molecule has 1 atom stereocenters. The van der Waals surface area contributed by atoms with E-state index in [2.05, 4.69) is 0 Å². The molecule has 0 bridgehead atoms. The Hall–Kier alpha value is -0.820. The van der Waals surface area contributed by atoms with Gasteiger partial charge in [-0.1, -0.05) is 13.3 Å². The Balaban J connectivity index is 2.37. The first-order valence-corrected chi connectivity index (χ1v) is 6.17. The highest BCUT2D eigenvalue weighted by Crippen LogP contribution is 2.17. The first kappa shape index (κ1) is 15.2. The maximum Gasteiger partial charge on any atom is 0.401 e. The highest BCUT2D eigenvalue weighted by molar-refractivity contribution is 5.81. The Morgan fingerprint density at radius 1 is 1.28 bits per heavy atom. The van der Waals surface area contributed by atoms with Crippen molar-refractivity contribution in [1.82, 2.24) is 9.80 Å². The molecule has 1 saturated heterocycles. The van der Waals surface area contributed by atoms with Crippen LogP contribution < -0.4 is 5.73 Å². The number of piperazine rings is 1. The number of nitrogens with zero attached hydrogens (tertiary/aromatic N) is 2. The van der Waals surface area contributed by atoms with Crippen molar-refractivity contribution < 1.29 is 18.0 Å². The average Bonchev–Trinajstić information content (AvgIpc) is 2.27. The molecule has 0 aromatic carbocycles. The first-order chi connectivity index (χ1) is 8.33. The van der Waals surface area contributed by atoms with Crippen molar-refractivity contribution in [3.63, 3.8) is 0 Å². The van der Waals surface area contributed by atoms with Gasteiger partial charge in [-0.3, -0.25) is 9.69 Å². The number of hydrogen-bond donors (Lipinski definition) is 1. The van der Waals surface area contributed by atoms with E-state index in [1.165, 1.54) is 4.90 Å². The van der Waals surface area contributed by atoms with Gasteiger partial charge in [-0.05, 0) is 6.42 Å². The summed E-state index contributed by atoms with van der Waals surface area (Å²) >= 11 is 0. The average molecular weight is 267 g/mol. The zero-order valence-electron chi connectivity index (χ0n) is 10.5. The molecule has 1 aliphatic rings. The predicted molar refractivity (Wildman–Crippen MR) is 62.0 cm³/mol. The van der Waals surface area contributed by atoms with Crippen LogP contribution in [0.1, 0.15) is 19.8 Å². The van der Waals surface area contributed by atoms with E-state index in [4.69, 9.17) is 5.73 Å². The summed E-state index contributed by atoms with van der Waals surface area (Å²) in [6.07, 6.45) is -2.74. The molecule has 0 aromatic heterocycles. The van der Waals surface area contributed by atoms with Gasteiger partial charge < -0.3 is 10.6 Å². The Morgan fingerprint density at radius 3 is 2.28 bits per heavy atom. The van der Waals surface area contributed by atoms with E-state index in [1.807, 2.05) is 6.92 Å². The van der Waals surface area contributed by atoms with Gasteiger partial charge >= 0.3 is 6.18 Å². The molecule has 2 N–H and O–H groups in total. The summed E-state index contributed by atoms with van der Waals surface area (Å²) in [5.74, 6) is -0.150. The fourth-order valence-electron chi connectivity index (χ4n) is 2.05. The van der Waals surface area contributed by atoms with Gasteiger partial charge in [-0.2, -0.15) is 13.2 Å². The van der Waals surface area contributed by atoms with Crippen molar-refractivity contribution in [2.45, 2.75) is 32.0 Å². The Morgan fingerprint density at radius 2 is 1.83 bits per heavy atom. The molecule has 18 heavy (non-hydrogen) atoms. The summed E-state index contributed by atoms with van der Waals surface area (Å²) in [6.45, 7) is 2.19. The molecule has 0 spiro atoms. The summed E-state index contributed by atoms with van der Waals surface area (Å²) in [6, 6.07) is -0.524. The lowest BCUT2D eigenvalue weighted by Crippen LogP contribution is -2.54. The molecule has 1 fully saturated rings. The van der Waals surface area contributed by atoms with E-state index in [-0.39, 0.29) is 19.0 Å². The summed E-state index contributed by atoms with van der Waals surface area (Å²) in [5.41, 5.74) is 5.71. The molecule has 4 nitrogen and oxygen atoms in total. The zero-order chi connectivity index (χ0) is 13.8. The number of amides is 1. The molecule has 0 radical (unpaired) electrons. The maximum atomic E-state index is 12.2. The fraction of sp³-hybridized carbons (Fsp3) is 0.909. The molecule has 7 heteroatoms. The highest BCUT2D eigenvalue weighted by atomic mass is 19.4. The second kappa shape index (κ2) is 6.38. The molecule has 1 amide bonds. The Labute approximate surface area is 105 Å². The van der Waals surface area contributed by atoms with E-state index in [1.54, 1.807) is 4.90 Å². The van der Waals surface area contributed by atoms with Gasteiger partial charge in [0.2, 0.25) is 5.91 Å². The monoisotopic (exact) mass is 267 g/mol. The molecule has 1 heterocycles. The molecule has 0 aromatic rings. The van der Waals surface area contributed by atoms with Gasteiger partial charge in [0.1, 0.15) is 0 Å². The van der Waals surface area contributed by atoms with Gasteiger partial charge in [0.15, 0.2) is 0 Å². The van der Waals surface area contributed by atoms with E-state index in [9.17, 15) is 18.0 Å². The summed E-state index contributed by atoms with van der Waals surface area (Å²) in [7, 11) is 0. The van der Waals surface area contributed by atoms with Gasteiger partial charge in [0.25, 0.3) is 0 Å². The minimum atomic E-state index is -4.18. The van der Waals surface area contributed by atoms with Crippen molar-refractivity contribution in [1.29, 1.82) is 0 Å². The van der Waals surface area contributed by atoms with Gasteiger partial charge in [0.05, 0.1) is 12.6 Å². The largest absolute Gasteiger partial charge is 0.401 e. The second-order valence-electron chi connectivity index (χ2n) is 4.61. The third kappa shape index (κ3) is 4.81. The van der Waals surface area contributed by atoms with Crippen LogP contribution >= 0.6 is 0 Å². The predicted octanol–water partition coefficient (Wildman–Crippen LogP) is 0.820. The number of alkyl halides is 3. The van der Waals surface area contributed by atoms with Crippen LogP contribution in [0, 0.1) is 0 Å². The number of halogens is 3. The quantitative estimate of drug-likeness (QED) is 0.820. The Bertz CT molecular complexity index is 275. The van der Waals surface area contributed by atoms with E-state index in [0.29, 0.717) is 19.5 Å². The minimum Gasteiger partial charge on any atom is -0.339 e. The molecule has 1 unspecified atom stereocenters. The highest BCUT2D eigenvalue weighted by Gasteiger charge is 2.33. The van der Waals surface area contributed by atoms with Crippen molar-refractivity contribution in [2.75, 3.05) is 32.7 Å². The smallest absolute Gasteiger partial charge is 0.339 e. The minimum absolute atomic E-state index is 0.150. The lowest BCUT2D eigenvalue weighted by atomic mass is 10.1. The van der Waals surface area contributed by atoms with Gasteiger partial charge in [0, 0.05) is 26.2 Å². The molecule has 1 rings (SSSR count). The van der Waals surface area contributed by atoms with Crippen LogP contribution in [-0.4, -0.2) is 60.6 Å². The third-order valence-electron chi connectivity index (χ3n) is 3.00. The number of hydrogen-bond acceptors (Lipinski definition) is 3. The van der Waals surface area contributed by atoms with Crippen LogP contribution in [0.25, 0.3) is 0 Å². The second-order valence-corrected chi connectivity index (χ2v) is 4.61. The van der Waals surface area contributed by atoms with Crippen molar-refractivity contribution in [3.8, 4) is 0 Å². The molecule has 106 valence electrons. The van der Waals surface area contributed by atoms with Crippen LogP contribution in [0.3, 0.4) is 0 Å². The van der Waals surface area contributed by atoms with E-state index in [0.717, 1.165) is 6.42 Å². The van der Waals surface area contributed by atoms with Gasteiger partial charge in [-0.15, -0.1) is 0 Å². The maximum absolute atomic E-state index is 12.2. The molecule has 0 saturated carbocycles. The van der Waals surface area contributed by atoms with Crippen LogP contribution in [-0.2, 0) is 4.79 Å². The summed E-state index contributed by atoms with van der Waals surface area (Å²) < 4.78 is 36.5. The lowest BCUT2D eigenvalue weighted by Gasteiger charge is -2.36. The topological polar surface area (TPSA) is 49.6 Å². The summed E-state index contributed by atoms with van der Waals surface area (Å²) in [4.78, 5) is 14.7. The fourth-order valence-corrected chi connectivity index (χ4v) is 2.05. The number of nitrogens with two attached hydrogens (primary N) is 1.